The summed E-state index contributed by atoms with van der Waals surface area (Å²) in [5, 5.41) is 60.9. The van der Waals surface area contributed by atoms with E-state index in [1.165, 1.54) is 57.5 Å². The molecule has 2 aromatic carbocycles. The number of amides is 1. The number of carbonyl (C=O) groups is 3. The Morgan fingerprint density at radius 2 is 1.58 bits per heavy atom. The fraction of sp³-hybridized carbons (Fsp3) is 0.568. The predicted octanol–water partition coefficient (Wildman–Crippen LogP) is 4.22. The Morgan fingerprint density at radius 1 is 0.935 bits per heavy atom. The van der Waals surface area contributed by atoms with Crippen LogP contribution in [0, 0.1) is 30.6 Å². The van der Waals surface area contributed by atoms with Gasteiger partial charge < -0.3 is 49.8 Å². The topological polar surface area (TPSA) is 242 Å². The minimum Gasteiger partial charge on any atom is -0.507 e. The van der Waals surface area contributed by atoms with E-state index in [2.05, 4.69) is 5.32 Å². The molecule has 0 spiro atoms. The van der Waals surface area contributed by atoms with Crippen molar-refractivity contribution in [1.82, 2.24) is 9.21 Å². The molecule has 9 atom stereocenters. The molecule has 1 amide bonds. The summed E-state index contributed by atoms with van der Waals surface area (Å²) in [6.07, 6.45) is 3.40. The molecule has 6 N–H and O–H groups in total. The molecular formula is C44H61N3O14S. The second-order valence-electron chi connectivity index (χ2n) is 16.8. The zero-order chi connectivity index (χ0) is 46.2. The van der Waals surface area contributed by atoms with E-state index in [1.54, 1.807) is 46.8 Å². The number of esters is 1. The lowest BCUT2D eigenvalue weighted by Gasteiger charge is -2.38. The summed E-state index contributed by atoms with van der Waals surface area (Å²) in [7, 11) is -2.05. The Morgan fingerprint density at radius 3 is 2.18 bits per heavy atom. The van der Waals surface area contributed by atoms with Crippen molar-refractivity contribution >= 4 is 44.1 Å². The van der Waals surface area contributed by atoms with E-state index in [4.69, 9.17) is 18.9 Å². The number of nitrogens with one attached hydrogen (secondary N) is 1. The number of benzene rings is 2. The first kappa shape index (κ1) is 48.3. The molecule has 6 rings (SSSR count). The number of allylic oxidation sites excluding steroid dienone is 2. The Kier molecular flexibility index (Phi) is 14.8. The Hall–Kier alpha value is -4.72. The van der Waals surface area contributed by atoms with Crippen LogP contribution in [0.5, 0.6) is 23.0 Å². The molecule has 17 nitrogen and oxygen atoms in total. The van der Waals surface area contributed by atoms with Gasteiger partial charge in [0.15, 0.2) is 5.75 Å². The number of sulfonamides is 1. The highest BCUT2D eigenvalue weighted by atomic mass is 32.2. The number of aromatic hydroxyl groups is 3. The number of methoxy groups -OCH3 is 1. The van der Waals surface area contributed by atoms with Gasteiger partial charge in [0.1, 0.15) is 23.4 Å². The van der Waals surface area contributed by atoms with Gasteiger partial charge in [-0.2, -0.15) is 4.31 Å². The number of Topliss-reactive ketones (excluding diaryl/α,β-unsaturated/α-hetero) is 1. The van der Waals surface area contributed by atoms with Crippen molar-refractivity contribution in [3.8, 4) is 23.0 Å². The molecule has 1 fully saturated rings. The van der Waals surface area contributed by atoms with E-state index in [0.717, 1.165) is 0 Å². The number of ether oxygens (including phenoxy) is 4. The summed E-state index contributed by atoms with van der Waals surface area (Å²) in [5.41, 5.74) is -0.286. The van der Waals surface area contributed by atoms with Crippen LogP contribution in [0.25, 0.3) is 10.8 Å². The first-order valence-corrected chi connectivity index (χ1v) is 22.4. The Balaban J connectivity index is 1.69. The third-order valence-corrected chi connectivity index (χ3v) is 14.4. The van der Waals surface area contributed by atoms with Crippen molar-refractivity contribution < 1.29 is 67.3 Å². The Bertz CT molecular complexity index is 2270. The third-order valence-electron chi connectivity index (χ3n) is 12.6. The van der Waals surface area contributed by atoms with Crippen LogP contribution in [-0.2, 0) is 40.4 Å². The van der Waals surface area contributed by atoms with E-state index in [-0.39, 0.29) is 82.9 Å². The van der Waals surface area contributed by atoms with Gasteiger partial charge in [-0.25, -0.2) is 8.42 Å². The summed E-state index contributed by atoms with van der Waals surface area (Å²) < 4.78 is 50.2. The predicted molar refractivity (Wildman–Crippen MR) is 230 cm³/mol. The number of ketones is 1. The van der Waals surface area contributed by atoms with E-state index in [0.29, 0.717) is 0 Å². The number of hydrogen-bond donors (Lipinski definition) is 6. The Labute approximate surface area is 362 Å². The maximum atomic E-state index is 14.5. The number of phenols is 3. The van der Waals surface area contributed by atoms with Crippen LogP contribution < -0.4 is 10.1 Å². The van der Waals surface area contributed by atoms with E-state index < -0.39 is 98.8 Å². The quantitative estimate of drug-likeness (QED) is 0.135. The van der Waals surface area contributed by atoms with E-state index in [9.17, 15) is 48.3 Å². The molecular weight excluding hydrogens is 827 g/mol. The lowest BCUT2D eigenvalue weighted by Crippen LogP contribution is -2.48. The number of phenolic OH excluding ortho intramolecular Hbond substituents is 3. The standard InChI is InChI=1S/C44H61N3O14S/c1-11-62(56,57)47-18-16-46(17-19-47)21-29-34-39(53)32-31(38(29)52)33-41(27(7)37(32)51)61-44(9,42(33)54)59-20-15-30(58-10)24(4)40(60-28(8)48)26(6)36(50)25(5)35(49)22(2)13-12-14-23(3)43(55)45-34/h12-15,20,22,24-26,30,35-36,40,49-53H,11,16-19,21H2,1-10H3,(H,45,55)/b13-12+,20-15+,23-14-/t22-,24+,25+,26+,30-,35-,36+,40+,44-/m0/s1. The number of hydrogen-bond acceptors (Lipinski definition) is 15. The average Bonchev–Trinajstić information content (AvgIpc) is 3.50. The SMILES string of the molecule is CCS(=O)(=O)N1CCN(Cc2c3c(O)c4c(O)c(C)c5c(c4c2O)C(=O)[C@@](C)(O/C=C/[C@H](OC)[C@@H](C)[C@@H](OC(C)=O)[C@H](C)[C@H](O)[C@H](C)[C@@H](O)[C@@H](C)/C=C/C=C(/C)C(=O)N3)O5)CC1. The molecule has 2 aromatic rings. The van der Waals surface area contributed by atoms with Crippen LogP contribution in [0.2, 0.25) is 0 Å². The van der Waals surface area contributed by atoms with Gasteiger partial charge in [0.2, 0.25) is 10.0 Å². The lowest BCUT2D eigenvalue weighted by molar-refractivity contribution is -0.160. The number of aliphatic hydroxyl groups excluding tert-OH is 2. The molecule has 0 aromatic heterocycles. The largest absolute Gasteiger partial charge is 0.507 e. The van der Waals surface area contributed by atoms with Gasteiger partial charge in [-0.3, -0.25) is 19.3 Å². The minimum absolute atomic E-state index is 0.0154. The summed E-state index contributed by atoms with van der Waals surface area (Å²) in [4.78, 5) is 42.5. The number of carbonyl (C=O) groups excluding carboxylic acids is 3. The molecule has 4 aliphatic rings. The van der Waals surface area contributed by atoms with Crippen LogP contribution >= 0.6 is 0 Å². The van der Waals surface area contributed by atoms with Crippen LogP contribution in [0.15, 0.2) is 36.1 Å². The number of fused-ring (bicyclic) bond motifs is 14. The van der Waals surface area contributed by atoms with Gasteiger partial charge in [-0.05, 0) is 26.8 Å². The van der Waals surface area contributed by atoms with E-state index >= 15 is 0 Å². The summed E-state index contributed by atoms with van der Waals surface area (Å²) in [5.74, 6) is -8.64. The maximum Gasteiger partial charge on any atom is 0.312 e. The van der Waals surface area contributed by atoms with E-state index in [1.807, 2.05) is 4.90 Å². The number of nitrogens with zero attached hydrogens (tertiary/aromatic N) is 2. The fourth-order valence-corrected chi connectivity index (χ4v) is 9.60. The van der Waals surface area contributed by atoms with Crippen molar-refractivity contribution in [2.75, 3.05) is 44.4 Å². The van der Waals surface area contributed by atoms with Crippen LogP contribution in [0.1, 0.15) is 76.9 Å². The molecule has 342 valence electrons. The van der Waals surface area contributed by atoms with Gasteiger partial charge in [0.25, 0.3) is 11.7 Å². The number of anilines is 1. The first-order valence-electron chi connectivity index (χ1n) is 20.8. The molecule has 62 heavy (non-hydrogen) atoms. The second kappa shape index (κ2) is 18.9. The van der Waals surface area contributed by atoms with Gasteiger partial charge in [0, 0.05) is 99.4 Å². The van der Waals surface area contributed by atoms with Crippen LogP contribution in [0.4, 0.5) is 5.69 Å². The fourth-order valence-electron chi connectivity index (χ4n) is 8.51. The second-order valence-corrected chi connectivity index (χ2v) is 19.0. The summed E-state index contributed by atoms with van der Waals surface area (Å²) in [6.45, 7) is 14.6. The zero-order valence-corrected chi connectivity index (χ0v) is 37.8. The van der Waals surface area contributed by atoms with Gasteiger partial charge in [-0.1, -0.05) is 45.9 Å². The molecule has 4 aliphatic heterocycles. The molecule has 0 unspecified atom stereocenters. The summed E-state index contributed by atoms with van der Waals surface area (Å²) in [6, 6.07) is 0. The number of aliphatic hydroxyl groups is 2. The molecule has 0 aliphatic carbocycles. The van der Waals surface area contributed by atoms with Crippen molar-refractivity contribution in [1.29, 1.82) is 0 Å². The first-order chi connectivity index (χ1) is 29.0. The van der Waals surface area contributed by atoms with Crippen molar-refractivity contribution in [3.63, 3.8) is 0 Å². The number of piperazine rings is 1. The summed E-state index contributed by atoms with van der Waals surface area (Å²) >= 11 is 0. The molecule has 0 saturated carbocycles. The highest BCUT2D eigenvalue weighted by Gasteiger charge is 2.50. The molecule has 0 radical (unpaired) electrons. The highest BCUT2D eigenvalue weighted by molar-refractivity contribution is 7.89. The lowest BCUT2D eigenvalue weighted by atomic mass is 9.78. The normalized spacial score (nSPS) is 31.5. The number of rotatable bonds is 6. The molecule has 1 saturated heterocycles. The average molecular weight is 888 g/mol. The van der Waals surface area contributed by atoms with Crippen LogP contribution in [-0.4, -0.2) is 130 Å². The smallest absolute Gasteiger partial charge is 0.312 e. The zero-order valence-electron chi connectivity index (χ0n) is 37.0. The maximum absolute atomic E-state index is 14.5. The molecule has 18 heteroatoms. The monoisotopic (exact) mass is 887 g/mol. The van der Waals surface area contributed by atoms with Crippen molar-refractivity contribution in [2.24, 2.45) is 23.7 Å². The molecule has 5 bridgehead atoms. The van der Waals surface area contributed by atoms with Crippen LogP contribution in [0.3, 0.4) is 0 Å². The van der Waals surface area contributed by atoms with Gasteiger partial charge in [0.05, 0.1) is 47.0 Å². The van der Waals surface area contributed by atoms with Gasteiger partial charge in [-0.15, -0.1) is 0 Å². The molecule has 4 heterocycles. The third kappa shape index (κ3) is 9.31. The minimum atomic E-state index is -3.48. The van der Waals surface area contributed by atoms with Gasteiger partial charge >= 0.3 is 11.8 Å². The van der Waals surface area contributed by atoms with Crippen molar-refractivity contribution in [3.05, 3.63) is 52.8 Å². The highest BCUT2D eigenvalue weighted by Crippen LogP contribution is 2.55. The van der Waals surface area contributed by atoms with Crippen molar-refractivity contribution in [2.45, 2.75) is 99.1 Å².